The van der Waals surface area contributed by atoms with Crippen molar-refractivity contribution < 1.29 is 14.6 Å². The average Bonchev–Trinajstić information content (AvgIpc) is 2.49. The molecule has 1 aromatic heterocycles. The van der Waals surface area contributed by atoms with Gasteiger partial charge < -0.3 is 15.2 Å². The lowest BCUT2D eigenvalue weighted by molar-refractivity contribution is 0.102. The van der Waals surface area contributed by atoms with E-state index >= 15 is 0 Å². The van der Waals surface area contributed by atoms with Gasteiger partial charge in [0, 0.05) is 17.4 Å². The molecular weight excluding hydrogens is 268 g/mol. The van der Waals surface area contributed by atoms with Crippen LogP contribution < -0.4 is 10.1 Å². The number of carbonyl (C=O) groups is 1. The third-order valence-corrected chi connectivity index (χ3v) is 3.01. The first-order chi connectivity index (χ1) is 10.2. The van der Waals surface area contributed by atoms with Crippen molar-refractivity contribution in [2.24, 2.45) is 0 Å². The molecule has 0 unspecified atom stereocenters. The summed E-state index contributed by atoms with van der Waals surface area (Å²) in [6.07, 6.45) is 1.58. The van der Waals surface area contributed by atoms with Gasteiger partial charge in [-0.2, -0.15) is 0 Å². The van der Waals surface area contributed by atoms with Crippen molar-refractivity contribution in [3.05, 3.63) is 53.3 Å². The van der Waals surface area contributed by atoms with Crippen molar-refractivity contribution in [3.63, 3.8) is 0 Å². The highest BCUT2D eigenvalue weighted by Gasteiger charge is 2.11. The van der Waals surface area contributed by atoms with Gasteiger partial charge in [0.1, 0.15) is 11.4 Å². The zero-order valence-corrected chi connectivity index (χ0v) is 12.1. The van der Waals surface area contributed by atoms with E-state index in [9.17, 15) is 9.90 Å². The number of pyridine rings is 1. The van der Waals surface area contributed by atoms with Crippen LogP contribution in [0.5, 0.6) is 5.75 Å². The normalized spacial score (nSPS) is 10.2. The zero-order chi connectivity index (χ0) is 15.2. The van der Waals surface area contributed by atoms with Crippen LogP contribution in [0.2, 0.25) is 0 Å². The zero-order valence-electron chi connectivity index (χ0n) is 12.1. The van der Waals surface area contributed by atoms with E-state index in [1.165, 1.54) is 0 Å². The number of hydrogen-bond acceptors (Lipinski definition) is 4. The second-order valence-corrected chi connectivity index (χ2v) is 4.54. The fraction of sp³-hybridized carbons (Fsp3) is 0.250. The Hall–Kier alpha value is -2.40. The molecule has 21 heavy (non-hydrogen) atoms. The van der Waals surface area contributed by atoms with E-state index < -0.39 is 0 Å². The highest BCUT2D eigenvalue weighted by Crippen LogP contribution is 2.23. The van der Waals surface area contributed by atoms with Gasteiger partial charge in [-0.1, -0.05) is 6.07 Å². The van der Waals surface area contributed by atoms with Crippen LogP contribution in [0.25, 0.3) is 0 Å². The Bertz CT molecular complexity index is 641. The molecule has 110 valence electrons. The lowest BCUT2D eigenvalue weighted by atomic mass is 10.1. The van der Waals surface area contributed by atoms with E-state index in [0.717, 1.165) is 5.56 Å². The molecule has 2 N–H and O–H groups in total. The Kier molecular flexibility index (Phi) is 4.90. The van der Waals surface area contributed by atoms with E-state index in [1.54, 1.807) is 30.5 Å². The van der Waals surface area contributed by atoms with Crippen molar-refractivity contribution in [3.8, 4) is 5.75 Å². The van der Waals surface area contributed by atoms with Gasteiger partial charge in [0.05, 0.1) is 13.2 Å². The monoisotopic (exact) mass is 286 g/mol. The number of hydrogen-bond donors (Lipinski definition) is 2. The molecule has 0 radical (unpaired) electrons. The van der Waals surface area contributed by atoms with Gasteiger partial charge in [-0.05, 0) is 43.7 Å². The first kappa shape index (κ1) is 15.0. The summed E-state index contributed by atoms with van der Waals surface area (Å²) in [5.74, 6) is 0.341. The van der Waals surface area contributed by atoms with E-state index in [4.69, 9.17) is 4.74 Å². The van der Waals surface area contributed by atoms with Crippen molar-refractivity contribution in [1.82, 2.24) is 4.98 Å². The maximum atomic E-state index is 12.2. The molecule has 5 nitrogen and oxygen atoms in total. The van der Waals surface area contributed by atoms with Crippen LogP contribution in [-0.2, 0) is 6.61 Å². The van der Waals surface area contributed by atoms with Crippen LogP contribution in [-0.4, -0.2) is 22.6 Å². The molecule has 0 saturated heterocycles. The number of amides is 1. The van der Waals surface area contributed by atoms with Gasteiger partial charge in [0.15, 0.2) is 0 Å². The number of nitrogens with zero attached hydrogens (tertiary/aromatic N) is 1. The van der Waals surface area contributed by atoms with Gasteiger partial charge in [0.25, 0.3) is 5.91 Å². The third-order valence-electron chi connectivity index (χ3n) is 3.01. The second kappa shape index (κ2) is 6.85. The Morgan fingerprint density at radius 1 is 1.38 bits per heavy atom. The minimum absolute atomic E-state index is 0.151. The maximum Gasteiger partial charge on any atom is 0.274 e. The first-order valence-electron chi connectivity index (χ1n) is 6.75. The highest BCUT2D eigenvalue weighted by atomic mass is 16.5. The SMILES string of the molecule is CCOc1ccc(NC(=O)c2ncccc2C)cc1CO. The van der Waals surface area contributed by atoms with Crippen LogP contribution >= 0.6 is 0 Å². The summed E-state index contributed by atoms with van der Waals surface area (Å²) < 4.78 is 5.41. The summed E-state index contributed by atoms with van der Waals surface area (Å²) in [4.78, 5) is 16.3. The van der Waals surface area contributed by atoms with Gasteiger partial charge in [-0.3, -0.25) is 9.78 Å². The Morgan fingerprint density at radius 2 is 2.19 bits per heavy atom. The van der Waals surface area contributed by atoms with E-state index in [-0.39, 0.29) is 12.5 Å². The van der Waals surface area contributed by atoms with E-state index in [1.807, 2.05) is 19.9 Å². The second-order valence-electron chi connectivity index (χ2n) is 4.54. The van der Waals surface area contributed by atoms with Crippen LogP contribution in [0.3, 0.4) is 0 Å². The molecule has 0 aliphatic carbocycles. The van der Waals surface area contributed by atoms with Gasteiger partial charge in [-0.25, -0.2) is 0 Å². The molecule has 5 heteroatoms. The number of benzene rings is 1. The van der Waals surface area contributed by atoms with Crippen molar-refractivity contribution in [2.75, 3.05) is 11.9 Å². The van der Waals surface area contributed by atoms with Gasteiger partial charge in [0.2, 0.25) is 0 Å². The minimum atomic E-state index is -0.277. The molecule has 1 amide bonds. The number of carbonyl (C=O) groups excluding carboxylic acids is 1. The molecule has 1 aromatic carbocycles. The molecular formula is C16H18N2O3. The molecule has 0 bridgehead atoms. The van der Waals surface area contributed by atoms with Crippen molar-refractivity contribution in [1.29, 1.82) is 0 Å². The molecule has 0 atom stereocenters. The summed E-state index contributed by atoms with van der Waals surface area (Å²) >= 11 is 0. The van der Waals surface area contributed by atoms with Crippen molar-refractivity contribution in [2.45, 2.75) is 20.5 Å². The molecule has 0 spiro atoms. The van der Waals surface area contributed by atoms with Crippen LogP contribution in [0.1, 0.15) is 28.5 Å². The predicted molar refractivity (Wildman–Crippen MR) is 80.5 cm³/mol. The molecule has 0 aliphatic rings. The average molecular weight is 286 g/mol. The topological polar surface area (TPSA) is 71.5 Å². The summed E-state index contributed by atoms with van der Waals surface area (Å²) in [7, 11) is 0. The number of anilines is 1. The third kappa shape index (κ3) is 3.58. The van der Waals surface area contributed by atoms with Gasteiger partial charge in [-0.15, -0.1) is 0 Å². The maximum absolute atomic E-state index is 12.2. The summed E-state index contributed by atoms with van der Waals surface area (Å²) in [5.41, 5.74) is 2.42. The van der Waals surface area contributed by atoms with Gasteiger partial charge >= 0.3 is 0 Å². The Labute approximate surface area is 123 Å². The van der Waals surface area contributed by atoms with Crippen molar-refractivity contribution >= 4 is 11.6 Å². The lowest BCUT2D eigenvalue weighted by Gasteiger charge is -2.11. The highest BCUT2D eigenvalue weighted by molar-refractivity contribution is 6.03. The number of aliphatic hydroxyl groups is 1. The molecule has 0 aliphatic heterocycles. The quantitative estimate of drug-likeness (QED) is 0.886. The van der Waals surface area contributed by atoms with Crippen LogP contribution in [0, 0.1) is 6.92 Å². The summed E-state index contributed by atoms with van der Waals surface area (Å²) in [5, 5.41) is 12.1. The largest absolute Gasteiger partial charge is 0.494 e. The molecule has 0 saturated carbocycles. The number of rotatable bonds is 5. The van der Waals surface area contributed by atoms with E-state index in [0.29, 0.717) is 29.3 Å². The number of aliphatic hydroxyl groups excluding tert-OH is 1. The fourth-order valence-electron chi connectivity index (χ4n) is 1.99. The predicted octanol–water partition coefficient (Wildman–Crippen LogP) is 2.53. The number of aromatic nitrogens is 1. The fourth-order valence-corrected chi connectivity index (χ4v) is 1.99. The lowest BCUT2D eigenvalue weighted by Crippen LogP contribution is -2.15. The summed E-state index contributed by atoms with van der Waals surface area (Å²) in [6.45, 7) is 4.08. The summed E-state index contributed by atoms with van der Waals surface area (Å²) in [6, 6.07) is 8.78. The number of nitrogens with one attached hydrogen (secondary N) is 1. The molecule has 2 rings (SSSR count). The standard InChI is InChI=1S/C16H18N2O3/c1-3-21-14-7-6-13(9-12(14)10-19)18-16(20)15-11(2)5-4-8-17-15/h4-9,19H,3,10H2,1-2H3,(H,18,20). The minimum Gasteiger partial charge on any atom is -0.494 e. The molecule has 2 aromatic rings. The van der Waals surface area contributed by atoms with Crippen LogP contribution in [0.4, 0.5) is 5.69 Å². The first-order valence-corrected chi connectivity index (χ1v) is 6.75. The molecule has 0 fully saturated rings. The van der Waals surface area contributed by atoms with E-state index in [2.05, 4.69) is 10.3 Å². The Balaban J connectivity index is 2.20. The number of aryl methyl sites for hydroxylation is 1. The number of ether oxygens (including phenoxy) is 1. The molecule has 1 heterocycles. The van der Waals surface area contributed by atoms with Crippen LogP contribution in [0.15, 0.2) is 36.5 Å². The smallest absolute Gasteiger partial charge is 0.274 e. The Morgan fingerprint density at radius 3 is 2.86 bits per heavy atom.